The summed E-state index contributed by atoms with van der Waals surface area (Å²) in [6.45, 7) is 2.12. The molecule has 1 atom stereocenters. The number of hydrogen-bond acceptors (Lipinski definition) is 3. The highest BCUT2D eigenvalue weighted by Crippen LogP contribution is 2.19. The van der Waals surface area contributed by atoms with Gasteiger partial charge in [-0.25, -0.2) is 4.68 Å². The molecular formula is C6H8N4. The topological polar surface area (TPSA) is 43.6 Å². The van der Waals surface area contributed by atoms with Gasteiger partial charge in [0, 0.05) is 12.1 Å². The van der Waals surface area contributed by atoms with Gasteiger partial charge in [0.15, 0.2) is 5.82 Å². The largest absolute Gasteiger partial charge is 0.205 e. The summed E-state index contributed by atoms with van der Waals surface area (Å²) in [7, 11) is 0. The Labute approximate surface area is 58.5 Å². The lowest BCUT2D eigenvalue weighted by Gasteiger charge is -2.10. The fourth-order valence-corrected chi connectivity index (χ4v) is 1.10. The van der Waals surface area contributed by atoms with Crippen molar-refractivity contribution in [1.82, 2.24) is 20.2 Å². The third-order valence-electron chi connectivity index (χ3n) is 1.70. The van der Waals surface area contributed by atoms with Gasteiger partial charge < -0.3 is 0 Å². The molecule has 10 heavy (non-hydrogen) atoms. The second-order valence-electron chi connectivity index (χ2n) is 2.50. The maximum Gasteiger partial charge on any atom is 0.159 e. The molecule has 0 fully saturated rings. The second-order valence-corrected chi connectivity index (χ2v) is 2.50. The summed E-state index contributed by atoms with van der Waals surface area (Å²) in [5.74, 6) is 1.42. The van der Waals surface area contributed by atoms with Crippen molar-refractivity contribution < 1.29 is 0 Å². The van der Waals surface area contributed by atoms with E-state index >= 15 is 0 Å². The molecule has 1 unspecified atom stereocenters. The number of fused-ring (bicyclic) bond motifs is 1. The van der Waals surface area contributed by atoms with Crippen LogP contribution in [0.2, 0.25) is 0 Å². The standard InChI is InChI=1S/C6H8N4/c1-5-3-2-4-10-6(5)7-8-9-10/h2,4-5H,3H2,1H3. The van der Waals surface area contributed by atoms with Gasteiger partial charge in [-0.2, -0.15) is 0 Å². The fourth-order valence-electron chi connectivity index (χ4n) is 1.10. The summed E-state index contributed by atoms with van der Waals surface area (Å²) in [5, 5.41) is 11.2. The number of hydrogen-bond donors (Lipinski definition) is 0. The minimum absolute atomic E-state index is 0.458. The Kier molecular flexibility index (Phi) is 1.06. The summed E-state index contributed by atoms with van der Waals surface area (Å²) >= 11 is 0. The zero-order valence-corrected chi connectivity index (χ0v) is 5.73. The van der Waals surface area contributed by atoms with E-state index in [4.69, 9.17) is 0 Å². The number of nitrogens with zero attached hydrogens (tertiary/aromatic N) is 4. The Bertz CT molecular complexity index is 262. The van der Waals surface area contributed by atoms with Crippen LogP contribution in [-0.2, 0) is 0 Å². The van der Waals surface area contributed by atoms with Crippen LogP contribution in [0.3, 0.4) is 0 Å². The van der Waals surface area contributed by atoms with E-state index in [0.29, 0.717) is 5.92 Å². The number of allylic oxidation sites excluding steroid dienone is 1. The van der Waals surface area contributed by atoms with E-state index in [0.717, 1.165) is 12.2 Å². The monoisotopic (exact) mass is 136 g/mol. The van der Waals surface area contributed by atoms with E-state index in [2.05, 4.69) is 28.5 Å². The van der Waals surface area contributed by atoms with Crippen molar-refractivity contribution in [3.8, 4) is 0 Å². The van der Waals surface area contributed by atoms with Crippen molar-refractivity contribution in [1.29, 1.82) is 0 Å². The minimum atomic E-state index is 0.458. The molecule has 1 aliphatic rings. The van der Waals surface area contributed by atoms with Crippen LogP contribution in [0.15, 0.2) is 6.08 Å². The predicted octanol–water partition coefficient (Wildman–Crippen LogP) is 0.651. The first-order valence-corrected chi connectivity index (χ1v) is 3.32. The second kappa shape index (κ2) is 1.90. The number of aromatic nitrogens is 4. The lowest BCUT2D eigenvalue weighted by molar-refractivity contribution is 0.664. The smallest absolute Gasteiger partial charge is 0.159 e. The highest BCUT2D eigenvalue weighted by Gasteiger charge is 2.14. The lowest BCUT2D eigenvalue weighted by Crippen LogP contribution is -2.06. The summed E-state index contributed by atoms with van der Waals surface area (Å²) in [5.41, 5.74) is 0. The Morgan fingerprint density at radius 2 is 2.60 bits per heavy atom. The van der Waals surface area contributed by atoms with Crippen molar-refractivity contribution in [2.24, 2.45) is 0 Å². The molecule has 2 rings (SSSR count). The Morgan fingerprint density at radius 1 is 1.70 bits per heavy atom. The molecule has 1 aromatic rings. The molecule has 0 aromatic carbocycles. The van der Waals surface area contributed by atoms with Crippen molar-refractivity contribution in [3.63, 3.8) is 0 Å². The molecule has 4 nitrogen and oxygen atoms in total. The molecule has 0 amide bonds. The van der Waals surface area contributed by atoms with Gasteiger partial charge in [0.2, 0.25) is 0 Å². The Hall–Kier alpha value is -1.19. The van der Waals surface area contributed by atoms with E-state index in [-0.39, 0.29) is 0 Å². The average Bonchev–Trinajstić information content (AvgIpc) is 2.36. The van der Waals surface area contributed by atoms with Crippen LogP contribution in [0, 0.1) is 0 Å². The molecule has 2 heterocycles. The molecule has 1 aliphatic heterocycles. The first kappa shape index (κ1) is 5.58. The number of rotatable bonds is 0. The van der Waals surface area contributed by atoms with Gasteiger partial charge >= 0.3 is 0 Å². The number of tetrazole rings is 1. The maximum absolute atomic E-state index is 3.89. The van der Waals surface area contributed by atoms with Crippen LogP contribution in [0.25, 0.3) is 6.20 Å². The van der Waals surface area contributed by atoms with Crippen LogP contribution >= 0.6 is 0 Å². The zero-order valence-electron chi connectivity index (χ0n) is 5.73. The predicted molar refractivity (Wildman–Crippen MR) is 36.2 cm³/mol. The molecule has 0 bridgehead atoms. The van der Waals surface area contributed by atoms with Gasteiger partial charge in [-0.1, -0.05) is 13.0 Å². The Balaban J connectivity index is 2.52. The van der Waals surface area contributed by atoms with E-state index in [1.165, 1.54) is 0 Å². The van der Waals surface area contributed by atoms with Gasteiger partial charge in [0.25, 0.3) is 0 Å². The first-order chi connectivity index (χ1) is 4.88. The van der Waals surface area contributed by atoms with Crippen LogP contribution in [0.4, 0.5) is 0 Å². The van der Waals surface area contributed by atoms with Crippen molar-refractivity contribution in [2.45, 2.75) is 19.3 Å². The van der Waals surface area contributed by atoms with E-state index in [1.807, 2.05) is 6.20 Å². The summed E-state index contributed by atoms with van der Waals surface area (Å²) in [6, 6.07) is 0. The molecule has 0 radical (unpaired) electrons. The molecule has 0 N–H and O–H groups in total. The van der Waals surface area contributed by atoms with Crippen molar-refractivity contribution in [2.75, 3.05) is 0 Å². The van der Waals surface area contributed by atoms with Crippen LogP contribution in [0.1, 0.15) is 25.1 Å². The fraction of sp³-hybridized carbons (Fsp3) is 0.500. The Morgan fingerprint density at radius 3 is 3.40 bits per heavy atom. The maximum atomic E-state index is 3.89. The minimum Gasteiger partial charge on any atom is -0.205 e. The highest BCUT2D eigenvalue weighted by molar-refractivity contribution is 5.26. The zero-order chi connectivity index (χ0) is 6.97. The van der Waals surface area contributed by atoms with E-state index in [1.54, 1.807) is 4.68 Å². The van der Waals surface area contributed by atoms with Crippen LogP contribution in [-0.4, -0.2) is 20.2 Å². The summed E-state index contributed by atoms with van der Waals surface area (Å²) in [4.78, 5) is 0. The third-order valence-corrected chi connectivity index (χ3v) is 1.70. The molecule has 52 valence electrons. The lowest BCUT2D eigenvalue weighted by atomic mass is 10.1. The van der Waals surface area contributed by atoms with Crippen LogP contribution in [0.5, 0.6) is 0 Å². The summed E-state index contributed by atoms with van der Waals surface area (Å²) in [6.07, 6.45) is 5.02. The molecule has 0 saturated heterocycles. The summed E-state index contributed by atoms with van der Waals surface area (Å²) < 4.78 is 1.72. The molecule has 0 spiro atoms. The quantitative estimate of drug-likeness (QED) is 0.526. The van der Waals surface area contributed by atoms with Gasteiger partial charge in [-0.15, -0.1) is 5.10 Å². The van der Waals surface area contributed by atoms with E-state index in [9.17, 15) is 0 Å². The highest BCUT2D eigenvalue weighted by atomic mass is 15.5. The van der Waals surface area contributed by atoms with Crippen LogP contribution < -0.4 is 0 Å². The SMILES string of the molecule is CC1CC=Cn2nnnc21. The van der Waals surface area contributed by atoms with Gasteiger partial charge in [0.1, 0.15) is 0 Å². The molecule has 4 heteroatoms. The molecule has 1 aromatic heterocycles. The van der Waals surface area contributed by atoms with E-state index < -0.39 is 0 Å². The van der Waals surface area contributed by atoms with Crippen molar-refractivity contribution >= 4 is 6.20 Å². The first-order valence-electron chi connectivity index (χ1n) is 3.32. The average molecular weight is 136 g/mol. The third kappa shape index (κ3) is 0.650. The molecular weight excluding hydrogens is 128 g/mol. The van der Waals surface area contributed by atoms with Gasteiger partial charge in [0.05, 0.1) is 0 Å². The van der Waals surface area contributed by atoms with Crippen molar-refractivity contribution in [3.05, 3.63) is 11.9 Å². The van der Waals surface area contributed by atoms with Gasteiger partial charge in [-0.3, -0.25) is 0 Å². The molecule has 0 saturated carbocycles. The normalized spacial score (nSPS) is 22.7. The van der Waals surface area contributed by atoms with Gasteiger partial charge in [-0.05, 0) is 16.8 Å². The molecule has 0 aliphatic carbocycles.